The fourth-order valence-corrected chi connectivity index (χ4v) is 1.63. The standard InChI is InChI=1S/C13H10ClFN2O2/c14-12-11(2-1-5-17-12)19-7-9-4-3-8(13(16)18)6-10(9)15/h1-6H,7H2,(H2,16,18). The summed E-state index contributed by atoms with van der Waals surface area (Å²) in [5.41, 5.74) is 5.46. The van der Waals surface area contributed by atoms with Crippen molar-refractivity contribution in [3.8, 4) is 5.75 Å². The molecule has 0 bridgehead atoms. The SMILES string of the molecule is NC(=O)c1ccc(COc2cccnc2Cl)c(F)c1. The van der Waals surface area contributed by atoms with E-state index in [9.17, 15) is 9.18 Å². The van der Waals surface area contributed by atoms with Crippen molar-refractivity contribution >= 4 is 17.5 Å². The largest absolute Gasteiger partial charge is 0.486 e. The van der Waals surface area contributed by atoms with Crippen LogP contribution in [0.25, 0.3) is 0 Å². The number of pyridine rings is 1. The van der Waals surface area contributed by atoms with Gasteiger partial charge in [0.1, 0.15) is 12.4 Å². The fourth-order valence-electron chi connectivity index (χ4n) is 1.45. The van der Waals surface area contributed by atoms with Crippen LogP contribution in [0.3, 0.4) is 0 Å². The van der Waals surface area contributed by atoms with Crippen LogP contribution in [0.5, 0.6) is 5.75 Å². The highest BCUT2D eigenvalue weighted by molar-refractivity contribution is 6.30. The summed E-state index contributed by atoms with van der Waals surface area (Å²) in [7, 11) is 0. The van der Waals surface area contributed by atoms with E-state index in [-0.39, 0.29) is 17.3 Å². The van der Waals surface area contributed by atoms with E-state index in [1.165, 1.54) is 18.3 Å². The monoisotopic (exact) mass is 280 g/mol. The zero-order chi connectivity index (χ0) is 13.8. The number of hydrogen-bond donors (Lipinski definition) is 1. The Labute approximate surface area is 114 Å². The molecule has 0 aliphatic rings. The summed E-state index contributed by atoms with van der Waals surface area (Å²) < 4.78 is 19.0. The molecule has 0 radical (unpaired) electrons. The van der Waals surface area contributed by atoms with Crippen LogP contribution in [0.15, 0.2) is 36.5 Å². The number of nitrogens with zero attached hydrogens (tertiary/aromatic N) is 1. The lowest BCUT2D eigenvalue weighted by atomic mass is 10.1. The van der Waals surface area contributed by atoms with Crippen molar-refractivity contribution in [2.24, 2.45) is 5.73 Å². The van der Waals surface area contributed by atoms with Gasteiger partial charge in [-0.05, 0) is 24.3 Å². The van der Waals surface area contributed by atoms with Gasteiger partial charge in [-0.25, -0.2) is 9.37 Å². The Morgan fingerprint density at radius 3 is 2.84 bits per heavy atom. The van der Waals surface area contributed by atoms with Gasteiger partial charge in [-0.2, -0.15) is 0 Å². The van der Waals surface area contributed by atoms with Crippen molar-refractivity contribution in [1.82, 2.24) is 4.98 Å². The van der Waals surface area contributed by atoms with Gasteiger partial charge >= 0.3 is 0 Å². The zero-order valence-electron chi connectivity index (χ0n) is 9.77. The normalized spacial score (nSPS) is 10.2. The first-order valence-corrected chi connectivity index (χ1v) is 5.77. The number of ether oxygens (including phenoxy) is 1. The maximum Gasteiger partial charge on any atom is 0.248 e. The number of halogens is 2. The molecular formula is C13H10ClFN2O2. The Kier molecular flexibility index (Phi) is 3.97. The van der Waals surface area contributed by atoms with Gasteiger partial charge in [0, 0.05) is 17.3 Å². The Bertz CT molecular complexity index is 619. The van der Waals surface area contributed by atoms with E-state index in [1.807, 2.05) is 0 Å². The van der Waals surface area contributed by atoms with Gasteiger partial charge in [-0.3, -0.25) is 4.79 Å². The van der Waals surface area contributed by atoms with Crippen molar-refractivity contribution in [3.63, 3.8) is 0 Å². The fraction of sp³-hybridized carbons (Fsp3) is 0.0769. The second-order valence-electron chi connectivity index (χ2n) is 3.75. The molecule has 0 aliphatic carbocycles. The maximum atomic E-state index is 13.7. The number of aromatic nitrogens is 1. The second kappa shape index (κ2) is 5.67. The van der Waals surface area contributed by atoms with Gasteiger partial charge in [-0.15, -0.1) is 0 Å². The zero-order valence-corrected chi connectivity index (χ0v) is 10.5. The van der Waals surface area contributed by atoms with Gasteiger partial charge in [0.15, 0.2) is 10.9 Å². The molecule has 0 aliphatic heterocycles. The number of benzene rings is 1. The van der Waals surface area contributed by atoms with E-state index in [2.05, 4.69) is 4.98 Å². The molecule has 0 spiro atoms. The predicted molar refractivity (Wildman–Crippen MR) is 68.5 cm³/mol. The highest BCUT2D eigenvalue weighted by Crippen LogP contribution is 2.22. The molecular weight excluding hydrogens is 271 g/mol. The summed E-state index contributed by atoms with van der Waals surface area (Å²) in [6.07, 6.45) is 1.53. The second-order valence-corrected chi connectivity index (χ2v) is 4.11. The summed E-state index contributed by atoms with van der Waals surface area (Å²) in [4.78, 5) is 14.7. The molecule has 1 heterocycles. The maximum absolute atomic E-state index is 13.7. The van der Waals surface area contributed by atoms with Gasteiger partial charge < -0.3 is 10.5 Å². The van der Waals surface area contributed by atoms with Crippen molar-refractivity contribution in [3.05, 3.63) is 58.6 Å². The van der Waals surface area contributed by atoms with Gasteiger partial charge in [0.25, 0.3) is 0 Å². The summed E-state index contributed by atoms with van der Waals surface area (Å²) in [5.74, 6) is -0.875. The third-order valence-electron chi connectivity index (χ3n) is 2.45. The van der Waals surface area contributed by atoms with E-state index in [4.69, 9.17) is 22.1 Å². The molecule has 0 atom stereocenters. The van der Waals surface area contributed by atoms with Crippen LogP contribution in [0.4, 0.5) is 4.39 Å². The Hall–Kier alpha value is -2.14. The molecule has 1 amide bonds. The number of hydrogen-bond acceptors (Lipinski definition) is 3. The molecule has 6 heteroatoms. The summed E-state index contributed by atoms with van der Waals surface area (Å²) in [6, 6.07) is 7.25. The Balaban J connectivity index is 2.12. The minimum Gasteiger partial charge on any atom is -0.486 e. The van der Waals surface area contributed by atoms with Crippen LogP contribution < -0.4 is 10.5 Å². The van der Waals surface area contributed by atoms with E-state index in [1.54, 1.807) is 12.1 Å². The quantitative estimate of drug-likeness (QED) is 0.875. The summed E-state index contributed by atoms with van der Waals surface area (Å²) in [6.45, 7) is -0.0176. The third kappa shape index (κ3) is 3.20. The van der Waals surface area contributed by atoms with Crippen LogP contribution in [0.2, 0.25) is 5.15 Å². The number of primary amides is 1. The highest BCUT2D eigenvalue weighted by Gasteiger charge is 2.08. The van der Waals surface area contributed by atoms with Crippen LogP contribution in [-0.4, -0.2) is 10.9 Å². The Morgan fingerprint density at radius 2 is 2.21 bits per heavy atom. The van der Waals surface area contributed by atoms with Crippen LogP contribution in [-0.2, 0) is 6.61 Å². The van der Waals surface area contributed by atoms with Gasteiger partial charge in [0.05, 0.1) is 0 Å². The molecule has 0 saturated carbocycles. The molecule has 19 heavy (non-hydrogen) atoms. The topological polar surface area (TPSA) is 65.2 Å². The minimum absolute atomic E-state index is 0.0176. The molecule has 1 aromatic heterocycles. The van der Waals surface area contributed by atoms with Crippen molar-refractivity contribution in [1.29, 1.82) is 0 Å². The lowest BCUT2D eigenvalue weighted by Crippen LogP contribution is -2.11. The minimum atomic E-state index is -0.679. The van der Waals surface area contributed by atoms with Gasteiger partial charge in [-0.1, -0.05) is 17.7 Å². The van der Waals surface area contributed by atoms with Gasteiger partial charge in [0.2, 0.25) is 5.91 Å². The summed E-state index contributed by atoms with van der Waals surface area (Å²) in [5, 5.41) is 0.205. The average molecular weight is 281 g/mol. The van der Waals surface area contributed by atoms with E-state index in [0.717, 1.165) is 6.07 Å². The first kappa shape index (κ1) is 13.3. The molecule has 98 valence electrons. The van der Waals surface area contributed by atoms with Crippen LogP contribution in [0, 0.1) is 5.82 Å². The first-order valence-electron chi connectivity index (χ1n) is 5.39. The number of carbonyl (C=O) groups is 1. The lowest BCUT2D eigenvalue weighted by Gasteiger charge is -2.08. The highest BCUT2D eigenvalue weighted by atomic mass is 35.5. The average Bonchev–Trinajstić information content (AvgIpc) is 2.39. The van der Waals surface area contributed by atoms with Crippen LogP contribution in [0.1, 0.15) is 15.9 Å². The molecule has 4 nitrogen and oxygen atoms in total. The van der Waals surface area contributed by atoms with E-state index >= 15 is 0 Å². The lowest BCUT2D eigenvalue weighted by molar-refractivity contribution is 0.0999. The van der Waals surface area contributed by atoms with Crippen molar-refractivity contribution in [2.75, 3.05) is 0 Å². The molecule has 2 aromatic rings. The molecule has 1 aromatic carbocycles. The third-order valence-corrected chi connectivity index (χ3v) is 2.73. The van der Waals surface area contributed by atoms with Crippen molar-refractivity contribution in [2.45, 2.75) is 6.61 Å². The smallest absolute Gasteiger partial charge is 0.248 e. The number of nitrogens with two attached hydrogens (primary N) is 1. The molecule has 0 unspecified atom stereocenters. The first-order chi connectivity index (χ1) is 9.08. The molecule has 0 saturated heterocycles. The van der Waals surface area contributed by atoms with Crippen molar-refractivity contribution < 1.29 is 13.9 Å². The Morgan fingerprint density at radius 1 is 1.42 bits per heavy atom. The molecule has 2 rings (SSSR count). The van der Waals surface area contributed by atoms with E-state index in [0.29, 0.717) is 11.3 Å². The predicted octanol–water partition coefficient (Wildman–Crippen LogP) is 2.55. The number of carbonyl (C=O) groups excluding carboxylic acids is 1. The molecule has 0 fully saturated rings. The summed E-state index contributed by atoms with van der Waals surface area (Å²) >= 11 is 5.81. The van der Waals surface area contributed by atoms with Crippen LogP contribution >= 0.6 is 11.6 Å². The number of rotatable bonds is 4. The molecule has 2 N–H and O–H groups in total. The van der Waals surface area contributed by atoms with E-state index < -0.39 is 11.7 Å². The number of amides is 1.